The van der Waals surface area contributed by atoms with Crippen LogP contribution in [0, 0.1) is 12.7 Å². The number of likely N-dealkylation sites (N-methyl/N-ethyl adjacent to an activating group) is 1. The molecular weight excluding hydrogens is 273 g/mol. The topological polar surface area (TPSA) is 12.0 Å². The van der Waals surface area contributed by atoms with E-state index < -0.39 is 0 Å². The molecule has 0 spiro atoms. The molecule has 0 aliphatic heterocycles. The monoisotopic (exact) mass is 291 g/mol. The molecule has 1 unspecified atom stereocenters. The molecular formula is C17H19ClFN. The first-order valence-electron chi connectivity index (χ1n) is 6.75. The first kappa shape index (κ1) is 15.0. The van der Waals surface area contributed by atoms with Crippen molar-refractivity contribution < 1.29 is 4.39 Å². The highest BCUT2D eigenvalue weighted by Crippen LogP contribution is 2.18. The summed E-state index contributed by atoms with van der Waals surface area (Å²) in [6, 6.07) is 13.7. The van der Waals surface area contributed by atoms with Gasteiger partial charge in [0.05, 0.1) is 5.02 Å². The summed E-state index contributed by atoms with van der Waals surface area (Å²) in [5, 5.41) is 3.50. The lowest BCUT2D eigenvalue weighted by Crippen LogP contribution is -2.29. The Kier molecular flexibility index (Phi) is 5.16. The van der Waals surface area contributed by atoms with E-state index in [1.54, 1.807) is 12.1 Å². The molecule has 3 heteroatoms. The number of hydrogen-bond acceptors (Lipinski definition) is 1. The van der Waals surface area contributed by atoms with Gasteiger partial charge in [-0.05, 0) is 50.1 Å². The summed E-state index contributed by atoms with van der Waals surface area (Å²) in [5.41, 5.74) is 3.61. The predicted octanol–water partition coefficient (Wildman–Crippen LogP) is 4.16. The second-order valence-electron chi connectivity index (χ2n) is 5.13. The molecule has 0 aliphatic carbocycles. The average Bonchev–Trinajstić information content (AvgIpc) is 2.42. The summed E-state index contributed by atoms with van der Waals surface area (Å²) in [6.07, 6.45) is 1.76. The Morgan fingerprint density at radius 1 is 1.10 bits per heavy atom. The highest BCUT2D eigenvalue weighted by atomic mass is 35.5. The molecule has 2 aromatic rings. The summed E-state index contributed by atoms with van der Waals surface area (Å²) in [5.74, 6) is -0.366. The average molecular weight is 292 g/mol. The van der Waals surface area contributed by atoms with Crippen molar-refractivity contribution in [2.75, 3.05) is 7.05 Å². The minimum Gasteiger partial charge on any atom is -0.316 e. The number of halogens is 2. The fourth-order valence-corrected chi connectivity index (χ4v) is 2.55. The van der Waals surface area contributed by atoms with Crippen LogP contribution < -0.4 is 5.32 Å². The standard InChI is InChI=1S/C17H19ClFN/c1-12-4-3-5-13(8-12)9-15(20-2)10-14-6-7-17(19)16(18)11-14/h3-8,11,15,20H,9-10H2,1-2H3. The van der Waals surface area contributed by atoms with E-state index in [4.69, 9.17) is 11.6 Å². The van der Waals surface area contributed by atoms with Gasteiger partial charge in [-0.1, -0.05) is 47.5 Å². The summed E-state index contributed by atoms with van der Waals surface area (Å²) in [6.45, 7) is 2.09. The lowest BCUT2D eigenvalue weighted by Gasteiger charge is -2.17. The fourth-order valence-electron chi connectivity index (χ4n) is 2.35. The zero-order valence-corrected chi connectivity index (χ0v) is 12.5. The quantitative estimate of drug-likeness (QED) is 0.872. The lowest BCUT2D eigenvalue weighted by atomic mass is 9.98. The molecule has 2 rings (SSSR count). The Bertz CT molecular complexity index is 583. The third kappa shape index (κ3) is 4.06. The maximum Gasteiger partial charge on any atom is 0.141 e. The number of aryl methyl sites for hydroxylation is 1. The van der Waals surface area contributed by atoms with Gasteiger partial charge in [0.2, 0.25) is 0 Å². The van der Waals surface area contributed by atoms with Crippen LogP contribution in [-0.2, 0) is 12.8 Å². The predicted molar refractivity (Wildman–Crippen MR) is 82.8 cm³/mol. The molecule has 1 nitrogen and oxygen atoms in total. The van der Waals surface area contributed by atoms with Crippen molar-refractivity contribution in [2.45, 2.75) is 25.8 Å². The van der Waals surface area contributed by atoms with Gasteiger partial charge in [-0.15, -0.1) is 0 Å². The van der Waals surface area contributed by atoms with Gasteiger partial charge in [0, 0.05) is 6.04 Å². The molecule has 2 aromatic carbocycles. The molecule has 0 bridgehead atoms. The largest absolute Gasteiger partial charge is 0.316 e. The van der Waals surface area contributed by atoms with Crippen molar-refractivity contribution >= 4 is 11.6 Å². The Balaban J connectivity index is 2.07. The molecule has 0 fully saturated rings. The van der Waals surface area contributed by atoms with Crippen LogP contribution in [0.3, 0.4) is 0 Å². The van der Waals surface area contributed by atoms with Gasteiger partial charge in [0.1, 0.15) is 5.82 Å². The molecule has 106 valence electrons. The molecule has 1 N–H and O–H groups in total. The maximum absolute atomic E-state index is 13.2. The van der Waals surface area contributed by atoms with Crippen LogP contribution in [0.15, 0.2) is 42.5 Å². The Morgan fingerprint density at radius 3 is 2.40 bits per heavy atom. The SMILES string of the molecule is CNC(Cc1cccc(C)c1)Cc1ccc(F)c(Cl)c1. The van der Waals surface area contributed by atoms with Crippen LogP contribution in [0.1, 0.15) is 16.7 Å². The minimum atomic E-state index is -0.366. The Morgan fingerprint density at radius 2 is 1.80 bits per heavy atom. The molecule has 0 aromatic heterocycles. The molecule has 0 saturated carbocycles. The first-order chi connectivity index (χ1) is 9.58. The van der Waals surface area contributed by atoms with Gasteiger partial charge in [-0.2, -0.15) is 0 Å². The minimum absolute atomic E-state index is 0.188. The van der Waals surface area contributed by atoms with E-state index in [0.717, 1.165) is 18.4 Å². The van der Waals surface area contributed by atoms with Crippen LogP contribution in [-0.4, -0.2) is 13.1 Å². The zero-order valence-electron chi connectivity index (χ0n) is 11.8. The van der Waals surface area contributed by atoms with E-state index in [0.29, 0.717) is 6.04 Å². The molecule has 0 aliphatic rings. The fraction of sp³-hybridized carbons (Fsp3) is 0.294. The van der Waals surface area contributed by atoms with Crippen LogP contribution in [0.5, 0.6) is 0 Å². The molecule has 20 heavy (non-hydrogen) atoms. The second kappa shape index (κ2) is 6.87. The van der Waals surface area contributed by atoms with Crippen molar-refractivity contribution in [3.05, 3.63) is 70.0 Å². The lowest BCUT2D eigenvalue weighted by molar-refractivity contribution is 0.555. The van der Waals surface area contributed by atoms with Gasteiger partial charge in [-0.25, -0.2) is 4.39 Å². The van der Waals surface area contributed by atoms with Crippen molar-refractivity contribution in [1.29, 1.82) is 0 Å². The third-order valence-electron chi connectivity index (χ3n) is 3.44. The van der Waals surface area contributed by atoms with E-state index in [1.165, 1.54) is 17.2 Å². The Labute approximate surface area is 124 Å². The van der Waals surface area contributed by atoms with E-state index in [9.17, 15) is 4.39 Å². The maximum atomic E-state index is 13.2. The third-order valence-corrected chi connectivity index (χ3v) is 3.73. The second-order valence-corrected chi connectivity index (χ2v) is 5.54. The van der Waals surface area contributed by atoms with Crippen LogP contribution in [0.4, 0.5) is 4.39 Å². The summed E-state index contributed by atoms with van der Waals surface area (Å²) in [7, 11) is 1.95. The van der Waals surface area contributed by atoms with Crippen LogP contribution >= 0.6 is 11.6 Å². The van der Waals surface area contributed by atoms with E-state index in [1.807, 2.05) is 7.05 Å². The summed E-state index contributed by atoms with van der Waals surface area (Å²) < 4.78 is 13.2. The van der Waals surface area contributed by atoms with Gasteiger partial charge >= 0.3 is 0 Å². The van der Waals surface area contributed by atoms with Crippen molar-refractivity contribution in [3.8, 4) is 0 Å². The molecule has 0 saturated heterocycles. The zero-order chi connectivity index (χ0) is 14.5. The summed E-state index contributed by atoms with van der Waals surface area (Å²) in [4.78, 5) is 0. The van der Waals surface area contributed by atoms with Gasteiger partial charge in [0.15, 0.2) is 0 Å². The van der Waals surface area contributed by atoms with Crippen LogP contribution in [0.2, 0.25) is 5.02 Å². The van der Waals surface area contributed by atoms with Crippen molar-refractivity contribution in [3.63, 3.8) is 0 Å². The highest BCUT2D eigenvalue weighted by Gasteiger charge is 2.10. The van der Waals surface area contributed by atoms with E-state index >= 15 is 0 Å². The smallest absolute Gasteiger partial charge is 0.141 e. The molecule has 0 heterocycles. The molecule has 0 amide bonds. The van der Waals surface area contributed by atoms with Gasteiger partial charge in [-0.3, -0.25) is 0 Å². The Hall–Kier alpha value is -1.38. The molecule has 0 radical (unpaired) electrons. The van der Waals surface area contributed by atoms with Crippen molar-refractivity contribution in [1.82, 2.24) is 5.32 Å². The van der Waals surface area contributed by atoms with Gasteiger partial charge < -0.3 is 5.32 Å². The number of benzene rings is 2. The van der Waals surface area contributed by atoms with Crippen molar-refractivity contribution in [2.24, 2.45) is 0 Å². The van der Waals surface area contributed by atoms with E-state index in [-0.39, 0.29) is 10.8 Å². The highest BCUT2D eigenvalue weighted by molar-refractivity contribution is 6.30. The number of hydrogen-bond donors (Lipinski definition) is 1. The van der Waals surface area contributed by atoms with Gasteiger partial charge in [0.25, 0.3) is 0 Å². The number of rotatable bonds is 5. The van der Waals surface area contributed by atoms with Crippen LogP contribution in [0.25, 0.3) is 0 Å². The van der Waals surface area contributed by atoms with E-state index in [2.05, 4.69) is 36.5 Å². The normalized spacial score (nSPS) is 12.4. The molecule has 1 atom stereocenters. The summed E-state index contributed by atoms with van der Waals surface area (Å²) >= 11 is 5.83. The number of nitrogens with one attached hydrogen (secondary N) is 1. The first-order valence-corrected chi connectivity index (χ1v) is 7.13.